The quantitative estimate of drug-likeness (QED) is 0.652. The molecule has 0 radical (unpaired) electrons. The van der Waals surface area contributed by atoms with Crippen LogP contribution in [0.3, 0.4) is 0 Å². The summed E-state index contributed by atoms with van der Waals surface area (Å²) in [6.07, 6.45) is 2.50. The number of rotatable bonds is 1. The van der Waals surface area contributed by atoms with Crippen molar-refractivity contribution < 1.29 is 0 Å². The molecular weight excluding hydrogens is 240 g/mol. The standard InChI is InChI=1S/C20H20/c1-20(2)18-11-7-6-10-16(18)17-13-12-15(19(17)20)14-8-4-3-5-9-14/h3-11,17H,12-13H2,1-2H3. The monoisotopic (exact) mass is 260 g/mol. The van der Waals surface area contributed by atoms with Gasteiger partial charge in [0.25, 0.3) is 0 Å². The number of fused-ring (bicyclic) bond motifs is 3. The van der Waals surface area contributed by atoms with Gasteiger partial charge in [0.15, 0.2) is 0 Å². The van der Waals surface area contributed by atoms with Crippen LogP contribution in [0.2, 0.25) is 0 Å². The van der Waals surface area contributed by atoms with E-state index in [2.05, 4.69) is 68.4 Å². The highest BCUT2D eigenvalue weighted by molar-refractivity contribution is 5.78. The lowest BCUT2D eigenvalue weighted by atomic mass is 9.79. The van der Waals surface area contributed by atoms with Crippen LogP contribution in [0.5, 0.6) is 0 Å². The summed E-state index contributed by atoms with van der Waals surface area (Å²) in [6, 6.07) is 20.0. The van der Waals surface area contributed by atoms with Gasteiger partial charge in [-0.15, -0.1) is 0 Å². The lowest BCUT2D eigenvalue weighted by Crippen LogP contribution is -2.16. The molecule has 1 atom stereocenters. The van der Waals surface area contributed by atoms with E-state index in [0.29, 0.717) is 5.92 Å². The van der Waals surface area contributed by atoms with Crippen LogP contribution >= 0.6 is 0 Å². The highest BCUT2D eigenvalue weighted by Crippen LogP contribution is 2.58. The van der Waals surface area contributed by atoms with Crippen LogP contribution < -0.4 is 0 Å². The average Bonchev–Trinajstić information content (AvgIpc) is 3.01. The Labute approximate surface area is 121 Å². The first-order valence-electron chi connectivity index (χ1n) is 7.58. The van der Waals surface area contributed by atoms with Crippen LogP contribution in [-0.4, -0.2) is 0 Å². The molecule has 0 bridgehead atoms. The molecule has 0 saturated heterocycles. The molecule has 20 heavy (non-hydrogen) atoms. The molecule has 2 aliphatic carbocycles. The number of hydrogen-bond donors (Lipinski definition) is 0. The molecule has 4 rings (SSSR count). The van der Waals surface area contributed by atoms with Gasteiger partial charge in [-0.05, 0) is 40.7 Å². The third-order valence-corrected chi connectivity index (χ3v) is 5.16. The van der Waals surface area contributed by atoms with Gasteiger partial charge in [0.05, 0.1) is 0 Å². The number of hydrogen-bond acceptors (Lipinski definition) is 0. The van der Waals surface area contributed by atoms with Gasteiger partial charge in [-0.3, -0.25) is 0 Å². The van der Waals surface area contributed by atoms with E-state index in [9.17, 15) is 0 Å². The number of benzene rings is 2. The highest BCUT2D eigenvalue weighted by Gasteiger charge is 2.45. The first-order valence-corrected chi connectivity index (χ1v) is 7.58. The molecule has 0 saturated carbocycles. The van der Waals surface area contributed by atoms with Crippen LogP contribution in [0.15, 0.2) is 60.2 Å². The Morgan fingerprint density at radius 2 is 1.60 bits per heavy atom. The Morgan fingerprint density at radius 1 is 0.900 bits per heavy atom. The van der Waals surface area contributed by atoms with Crippen molar-refractivity contribution in [1.29, 1.82) is 0 Å². The van der Waals surface area contributed by atoms with Gasteiger partial charge >= 0.3 is 0 Å². The van der Waals surface area contributed by atoms with Gasteiger partial charge in [0.1, 0.15) is 0 Å². The molecule has 1 unspecified atom stereocenters. The van der Waals surface area contributed by atoms with Crippen molar-refractivity contribution in [3.8, 4) is 0 Å². The third-order valence-electron chi connectivity index (χ3n) is 5.16. The van der Waals surface area contributed by atoms with Crippen LogP contribution in [0.4, 0.5) is 0 Å². The zero-order valence-electron chi connectivity index (χ0n) is 12.2. The van der Waals surface area contributed by atoms with Crippen molar-refractivity contribution in [3.63, 3.8) is 0 Å². The summed E-state index contributed by atoms with van der Waals surface area (Å²) in [5, 5.41) is 0. The summed E-state index contributed by atoms with van der Waals surface area (Å²) in [4.78, 5) is 0. The Balaban J connectivity index is 1.95. The second-order valence-corrected chi connectivity index (χ2v) is 6.56. The van der Waals surface area contributed by atoms with Crippen LogP contribution in [-0.2, 0) is 5.41 Å². The van der Waals surface area contributed by atoms with E-state index >= 15 is 0 Å². The van der Waals surface area contributed by atoms with Crippen LogP contribution in [0.1, 0.15) is 49.3 Å². The number of allylic oxidation sites excluding steroid dienone is 2. The maximum Gasteiger partial charge on any atom is 0.0120 e. The van der Waals surface area contributed by atoms with Crippen molar-refractivity contribution in [2.24, 2.45) is 0 Å². The Hall–Kier alpha value is -1.82. The minimum Gasteiger partial charge on any atom is -0.0622 e. The fraction of sp³-hybridized carbons (Fsp3) is 0.300. The van der Waals surface area contributed by atoms with Crippen molar-refractivity contribution in [2.75, 3.05) is 0 Å². The smallest absolute Gasteiger partial charge is 0.0120 e. The maximum atomic E-state index is 2.40. The largest absolute Gasteiger partial charge is 0.0622 e. The molecule has 2 aliphatic rings. The molecule has 0 aromatic heterocycles. The van der Waals surface area contributed by atoms with Crippen LogP contribution in [0.25, 0.3) is 5.57 Å². The van der Waals surface area contributed by atoms with Crippen molar-refractivity contribution >= 4 is 5.57 Å². The lowest BCUT2D eigenvalue weighted by Gasteiger charge is -2.24. The topological polar surface area (TPSA) is 0 Å². The second kappa shape index (κ2) is 4.09. The molecule has 0 heterocycles. The molecule has 2 aromatic rings. The highest BCUT2D eigenvalue weighted by atomic mass is 14.5. The van der Waals surface area contributed by atoms with E-state index in [1.165, 1.54) is 24.0 Å². The van der Waals surface area contributed by atoms with E-state index in [4.69, 9.17) is 0 Å². The molecular formula is C20H20. The Morgan fingerprint density at radius 3 is 2.40 bits per heavy atom. The Kier molecular flexibility index (Phi) is 2.44. The normalized spacial score (nSPS) is 22.8. The molecule has 0 fully saturated rings. The van der Waals surface area contributed by atoms with E-state index in [-0.39, 0.29) is 5.41 Å². The molecule has 0 amide bonds. The zero-order valence-corrected chi connectivity index (χ0v) is 12.2. The summed E-state index contributed by atoms with van der Waals surface area (Å²) in [5.41, 5.74) is 7.97. The van der Waals surface area contributed by atoms with Gasteiger partial charge in [-0.1, -0.05) is 68.4 Å². The summed E-state index contributed by atoms with van der Waals surface area (Å²) in [6.45, 7) is 4.80. The van der Waals surface area contributed by atoms with Gasteiger partial charge < -0.3 is 0 Å². The van der Waals surface area contributed by atoms with Gasteiger partial charge in [-0.2, -0.15) is 0 Å². The minimum atomic E-state index is 0.183. The van der Waals surface area contributed by atoms with Crippen molar-refractivity contribution in [2.45, 2.75) is 38.0 Å². The fourth-order valence-corrected chi connectivity index (χ4v) is 4.36. The summed E-state index contributed by atoms with van der Waals surface area (Å²) >= 11 is 0. The van der Waals surface area contributed by atoms with Crippen molar-refractivity contribution in [3.05, 3.63) is 76.9 Å². The lowest BCUT2D eigenvalue weighted by molar-refractivity contribution is 0.626. The van der Waals surface area contributed by atoms with Gasteiger partial charge in [-0.25, -0.2) is 0 Å². The van der Waals surface area contributed by atoms with E-state index in [1.807, 2.05) is 0 Å². The van der Waals surface area contributed by atoms with Gasteiger partial charge in [0, 0.05) is 11.3 Å². The first kappa shape index (κ1) is 12.0. The fourth-order valence-electron chi connectivity index (χ4n) is 4.36. The first-order chi connectivity index (χ1) is 9.69. The molecule has 100 valence electrons. The minimum absolute atomic E-state index is 0.183. The zero-order chi connectivity index (χ0) is 13.7. The average molecular weight is 260 g/mol. The second-order valence-electron chi connectivity index (χ2n) is 6.56. The molecule has 0 nitrogen and oxygen atoms in total. The predicted molar refractivity (Wildman–Crippen MR) is 84.8 cm³/mol. The molecule has 0 N–H and O–H groups in total. The molecule has 0 heteroatoms. The summed E-state index contributed by atoms with van der Waals surface area (Å²) in [5.74, 6) is 0.649. The van der Waals surface area contributed by atoms with E-state index < -0.39 is 0 Å². The summed E-state index contributed by atoms with van der Waals surface area (Å²) < 4.78 is 0. The molecule has 2 aromatic carbocycles. The third kappa shape index (κ3) is 1.48. The summed E-state index contributed by atoms with van der Waals surface area (Å²) in [7, 11) is 0. The van der Waals surface area contributed by atoms with E-state index in [1.54, 1.807) is 16.7 Å². The Bertz CT molecular complexity index is 689. The van der Waals surface area contributed by atoms with Gasteiger partial charge in [0.2, 0.25) is 0 Å². The maximum absolute atomic E-state index is 2.40. The van der Waals surface area contributed by atoms with E-state index in [0.717, 1.165) is 0 Å². The molecule has 0 spiro atoms. The van der Waals surface area contributed by atoms with Crippen LogP contribution in [0, 0.1) is 0 Å². The van der Waals surface area contributed by atoms with Crippen molar-refractivity contribution in [1.82, 2.24) is 0 Å². The molecule has 0 aliphatic heterocycles. The predicted octanol–water partition coefficient (Wildman–Crippen LogP) is 5.31. The SMILES string of the molecule is CC1(C)C2=C(c3ccccc3)CCC2c2ccccc21.